The van der Waals surface area contributed by atoms with Crippen LogP contribution in [-0.4, -0.2) is 32.9 Å². The fourth-order valence-electron chi connectivity index (χ4n) is 2.65. The van der Waals surface area contributed by atoms with E-state index >= 15 is 0 Å². The summed E-state index contributed by atoms with van der Waals surface area (Å²) in [5.41, 5.74) is 2.14. The Bertz CT molecular complexity index is 532. The van der Waals surface area contributed by atoms with Gasteiger partial charge in [-0.1, -0.05) is 0 Å². The van der Waals surface area contributed by atoms with Gasteiger partial charge in [-0.15, -0.1) is 11.3 Å². The fourth-order valence-corrected chi connectivity index (χ4v) is 3.30. The smallest absolute Gasteiger partial charge is 0.133 e. The van der Waals surface area contributed by atoms with Crippen molar-refractivity contribution in [3.05, 3.63) is 39.9 Å². The Hall–Kier alpha value is -1.33. The zero-order valence-electron chi connectivity index (χ0n) is 11.3. The van der Waals surface area contributed by atoms with E-state index in [1.54, 1.807) is 11.3 Å². The predicted octanol–water partition coefficient (Wildman–Crippen LogP) is 2.54. The third-order valence-corrected chi connectivity index (χ3v) is 4.24. The summed E-state index contributed by atoms with van der Waals surface area (Å²) in [6.07, 6.45) is 3.02. The molecule has 0 bridgehead atoms. The first-order chi connectivity index (χ1) is 9.20. The van der Waals surface area contributed by atoms with Gasteiger partial charge < -0.3 is 0 Å². The molecule has 1 fully saturated rings. The van der Waals surface area contributed by atoms with Crippen molar-refractivity contribution in [3.63, 3.8) is 0 Å². The van der Waals surface area contributed by atoms with Crippen LogP contribution in [0.25, 0.3) is 0 Å². The highest BCUT2D eigenvalue weighted by Gasteiger charge is 2.26. The predicted molar refractivity (Wildman–Crippen MR) is 76.3 cm³/mol. The van der Waals surface area contributed by atoms with Crippen molar-refractivity contribution in [1.29, 1.82) is 0 Å². The minimum Gasteiger partial charge on any atom is -0.296 e. The molecule has 5 heteroatoms. The fraction of sp³-hybridized carbons (Fsp3) is 0.500. The van der Waals surface area contributed by atoms with Crippen molar-refractivity contribution in [2.24, 2.45) is 0 Å². The van der Waals surface area contributed by atoms with E-state index in [0.717, 1.165) is 43.3 Å². The second-order valence-electron chi connectivity index (χ2n) is 5.16. The van der Waals surface area contributed by atoms with Crippen LogP contribution in [0.15, 0.2) is 17.6 Å². The van der Waals surface area contributed by atoms with Gasteiger partial charge in [0, 0.05) is 35.4 Å². The van der Waals surface area contributed by atoms with Crippen LogP contribution >= 0.6 is 11.3 Å². The molecule has 2 aromatic rings. The molecule has 1 atom stereocenters. The standard InChI is InChI=1S/C14H18N4S/c1-10-7-11(2)17-14(16-10)12-3-5-18(8-12)9-13-15-4-6-19-13/h4,6-7,12H,3,5,8-9H2,1-2H3. The largest absolute Gasteiger partial charge is 0.296 e. The van der Waals surface area contributed by atoms with E-state index in [9.17, 15) is 0 Å². The molecule has 0 N–H and O–H groups in total. The third-order valence-electron chi connectivity index (χ3n) is 3.48. The topological polar surface area (TPSA) is 41.9 Å². The van der Waals surface area contributed by atoms with Crippen LogP contribution in [0.4, 0.5) is 0 Å². The van der Waals surface area contributed by atoms with Gasteiger partial charge in [-0.2, -0.15) is 0 Å². The summed E-state index contributed by atoms with van der Waals surface area (Å²) in [6.45, 7) is 7.20. The third kappa shape index (κ3) is 2.98. The Balaban J connectivity index is 1.68. The Morgan fingerprint density at radius 3 is 2.79 bits per heavy atom. The molecule has 19 heavy (non-hydrogen) atoms. The summed E-state index contributed by atoms with van der Waals surface area (Å²) >= 11 is 1.73. The molecule has 1 aliphatic rings. The maximum Gasteiger partial charge on any atom is 0.133 e. The Morgan fingerprint density at radius 2 is 2.11 bits per heavy atom. The van der Waals surface area contributed by atoms with Gasteiger partial charge in [0.05, 0.1) is 6.54 Å². The van der Waals surface area contributed by atoms with Gasteiger partial charge in [-0.3, -0.25) is 4.90 Å². The molecule has 0 aliphatic carbocycles. The van der Waals surface area contributed by atoms with Crippen LogP contribution < -0.4 is 0 Å². The zero-order valence-corrected chi connectivity index (χ0v) is 12.2. The number of thiazole rings is 1. The van der Waals surface area contributed by atoms with Gasteiger partial charge >= 0.3 is 0 Å². The first kappa shape index (κ1) is 12.7. The lowest BCUT2D eigenvalue weighted by atomic mass is 10.1. The molecular formula is C14H18N4S. The number of aryl methyl sites for hydroxylation is 2. The van der Waals surface area contributed by atoms with Crippen molar-refractivity contribution in [3.8, 4) is 0 Å². The summed E-state index contributed by atoms with van der Waals surface area (Å²) < 4.78 is 0. The zero-order chi connectivity index (χ0) is 13.2. The second kappa shape index (κ2) is 5.35. The van der Waals surface area contributed by atoms with E-state index in [4.69, 9.17) is 0 Å². The summed E-state index contributed by atoms with van der Waals surface area (Å²) in [5.74, 6) is 1.48. The number of aromatic nitrogens is 3. The SMILES string of the molecule is Cc1cc(C)nc(C2CCN(Cc3nccs3)C2)n1. The van der Waals surface area contributed by atoms with Crippen LogP contribution in [-0.2, 0) is 6.54 Å². The lowest BCUT2D eigenvalue weighted by Crippen LogP contribution is -2.20. The molecule has 3 rings (SSSR count). The maximum atomic E-state index is 4.60. The molecule has 0 aromatic carbocycles. The molecule has 2 aromatic heterocycles. The average molecular weight is 274 g/mol. The Labute approximate surface area is 117 Å². The van der Waals surface area contributed by atoms with E-state index in [2.05, 4.69) is 19.9 Å². The van der Waals surface area contributed by atoms with Crippen LogP contribution in [0.1, 0.15) is 34.6 Å². The molecule has 4 nitrogen and oxygen atoms in total. The molecule has 1 saturated heterocycles. The van der Waals surface area contributed by atoms with E-state index < -0.39 is 0 Å². The van der Waals surface area contributed by atoms with Crippen molar-refractivity contribution >= 4 is 11.3 Å². The highest BCUT2D eigenvalue weighted by Crippen LogP contribution is 2.26. The summed E-state index contributed by atoms with van der Waals surface area (Å²) in [4.78, 5) is 16.0. The number of hydrogen-bond donors (Lipinski definition) is 0. The van der Waals surface area contributed by atoms with Crippen molar-refractivity contribution in [2.75, 3.05) is 13.1 Å². The molecule has 0 radical (unpaired) electrons. The summed E-state index contributed by atoms with van der Waals surface area (Å²) in [7, 11) is 0. The number of hydrogen-bond acceptors (Lipinski definition) is 5. The van der Waals surface area contributed by atoms with Gasteiger partial charge in [0.25, 0.3) is 0 Å². The number of rotatable bonds is 3. The maximum absolute atomic E-state index is 4.60. The number of nitrogens with zero attached hydrogens (tertiary/aromatic N) is 4. The van der Waals surface area contributed by atoms with Gasteiger partial charge in [-0.05, 0) is 32.9 Å². The van der Waals surface area contributed by atoms with Gasteiger partial charge in [0.2, 0.25) is 0 Å². The van der Waals surface area contributed by atoms with Crippen LogP contribution in [0, 0.1) is 13.8 Å². The average Bonchev–Trinajstić information content (AvgIpc) is 2.99. The monoisotopic (exact) mass is 274 g/mol. The lowest BCUT2D eigenvalue weighted by Gasteiger charge is -2.14. The van der Waals surface area contributed by atoms with Crippen molar-refractivity contribution in [1.82, 2.24) is 19.9 Å². The molecule has 0 amide bonds. The van der Waals surface area contributed by atoms with E-state index in [0.29, 0.717) is 5.92 Å². The van der Waals surface area contributed by atoms with Gasteiger partial charge in [-0.25, -0.2) is 15.0 Å². The van der Waals surface area contributed by atoms with E-state index in [1.165, 1.54) is 5.01 Å². The van der Waals surface area contributed by atoms with Gasteiger partial charge in [0.1, 0.15) is 10.8 Å². The van der Waals surface area contributed by atoms with E-state index in [1.807, 2.05) is 31.5 Å². The molecule has 0 spiro atoms. The molecule has 0 saturated carbocycles. The summed E-state index contributed by atoms with van der Waals surface area (Å²) in [5, 5.41) is 3.23. The Morgan fingerprint density at radius 1 is 1.32 bits per heavy atom. The minimum atomic E-state index is 0.471. The molecule has 100 valence electrons. The van der Waals surface area contributed by atoms with Crippen LogP contribution in [0.2, 0.25) is 0 Å². The Kier molecular flexibility index (Phi) is 3.57. The molecule has 1 aliphatic heterocycles. The first-order valence-electron chi connectivity index (χ1n) is 6.63. The molecule has 3 heterocycles. The lowest BCUT2D eigenvalue weighted by molar-refractivity contribution is 0.325. The minimum absolute atomic E-state index is 0.471. The highest BCUT2D eigenvalue weighted by molar-refractivity contribution is 7.09. The van der Waals surface area contributed by atoms with Crippen LogP contribution in [0.3, 0.4) is 0 Å². The molecular weight excluding hydrogens is 256 g/mol. The quantitative estimate of drug-likeness (QED) is 0.862. The first-order valence-corrected chi connectivity index (χ1v) is 7.51. The summed E-state index contributed by atoms with van der Waals surface area (Å²) in [6, 6.07) is 2.03. The highest BCUT2D eigenvalue weighted by atomic mass is 32.1. The van der Waals surface area contributed by atoms with Crippen molar-refractivity contribution < 1.29 is 0 Å². The second-order valence-corrected chi connectivity index (χ2v) is 6.13. The normalized spacial score (nSPS) is 20.0. The van der Waals surface area contributed by atoms with Crippen molar-refractivity contribution in [2.45, 2.75) is 32.7 Å². The van der Waals surface area contributed by atoms with Gasteiger partial charge in [0.15, 0.2) is 0 Å². The number of likely N-dealkylation sites (tertiary alicyclic amines) is 1. The van der Waals surface area contributed by atoms with Crippen LogP contribution in [0.5, 0.6) is 0 Å². The molecule has 1 unspecified atom stereocenters. The van der Waals surface area contributed by atoms with E-state index in [-0.39, 0.29) is 0 Å².